The number of nitrogens with one attached hydrogen (secondary N) is 1. The van der Waals surface area contributed by atoms with Gasteiger partial charge in [-0.3, -0.25) is 10.2 Å². The van der Waals surface area contributed by atoms with Crippen LogP contribution in [-0.2, 0) is 15.3 Å². The molecule has 2 aliphatic rings. The highest BCUT2D eigenvalue weighted by molar-refractivity contribution is 7.09. The molecule has 0 aliphatic carbocycles. The molecule has 1 aromatic heterocycles. The van der Waals surface area contributed by atoms with Crippen molar-refractivity contribution in [1.82, 2.24) is 15.3 Å². The summed E-state index contributed by atoms with van der Waals surface area (Å²) in [6.07, 6.45) is 0.928. The van der Waals surface area contributed by atoms with E-state index >= 15 is 0 Å². The molecular weight excluding hydrogens is 342 g/mol. The summed E-state index contributed by atoms with van der Waals surface area (Å²) in [6, 6.07) is -0.846. The Morgan fingerprint density at radius 3 is 3.08 bits per heavy atom. The number of likely N-dealkylation sites (tertiary alicyclic amines) is 1. The second-order valence-electron chi connectivity index (χ2n) is 6.02. The van der Waals surface area contributed by atoms with Gasteiger partial charge in [0, 0.05) is 25.3 Å². The first kappa shape index (κ1) is 17.0. The summed E-state index contributed by atoms with van der Waals surface area (Å²) in [5.41, 5.74) is 3.52. The molecule has 24 heavy (non-hydrogen) atoms. The topological polar surface area (TPSA) is 87.1 Å². The molecule has 1 fully saturated rings. The minimum Gasteiger partial charge on any atom is -0.449 e. The SMILES string of the molecule is CC(CO)C1(c2scnc2C2CC(F)(F)CCN2C=O)NN=CO1. The van der Waals surface area contributed by atoms with Crippen molar-refractivity contribution in [2.75, 3.05) is 13.2 Å². The van der Waals surface area contributed by atoms with Crippen LogP contribution in [0.3, 0.4) is 0 Å². The Kier molecular flexibility index (Phi) is 4.43. The maximum Gasteiger partial charge on any atom is 0.252 e. The Labute approximate surface area is 141 Å². The number of thiazole rings is 1. The molecule has 1 aromatic rings. The number of piperidine rings is 1. The number of alkyl halides is 2. The van der Waals surface area contributed by atoms with Crippen molar-refractivity contribution in [3.8, 4) is 0 Å². The fourth-order valence-electron chi connectivity index (χ4n) is 3.04. The van der Waals surface area contributed by atoms with Gasteiger partial charge in [0.2, 0.25) is 12.1 Å². The Balaban J connectivity index is 2.01. The molecule has 3 unspecified atom stereocenters. The summed E-state index contributed by atoms with van der Waals surface area (Å²) in [7, 11) is 0. The largest absolute Gasteiger partial charge is 0.449 e. The summed E-state index contributed by atoms with van der Waals surface area (Å²) in [4.78, 5) is 17.4. The average Bonchev–Trinajstić information content (AvgIpc) is 3.23. The van der Waals surface area contributed by atoms with E-state index in [1.54, 1.807) is 6.92 Å². The van der Waals surface area contributed by atoms with Gasteiger partial charge in [-0.25, -0.2) is 13.8 Å². The third kappa shape index (κ3) is 2.73. The first-order chi connectivity index (χ1) is 11.4. The second-order valence-corrected chi connectivity index (χ2v) is 6.87. The van der Waals surface area contributed by atoms with Gasteiger partial charge in [-0.05, 0) is 0 Å². The summed E-state index contributed by atoms with van der Waals surface area (Å²) >= 11 is 1.22. The minimum absolute atomic E-state index is 0.0362. The van der Waals surface area contributed by atoms with Crippen molar-refractivity contribution >= 4 is 24.1 Å². The van der Waals surface area contributed by atoms with Gasteiger partial charge in [-0.2, -0.15) is 0 Å². The van der Waals surface area contributed by atoms with E-state index in [1.165, 1.54) is 28.1 Å². The third-order valence-corrected chi connectivity index (χ3v) is 5.46. The zero-order valence-corrected chi connectivity index (χ0v) is 13.8. The van der Waals surface area contributed by atoms with E-state index in [9.17, 15) is 18.7 Å². The highest BCUT2D eigenvalue weighted by atomic mass is 32.1. The first-order valence-electron chi connectivity index (χ1n) is 7.53. The molecule has 2 N–H and O–H groups in total. The number of halogens is 2. The van der Waals surface area contributed by atoms with Crippen molar-refractivity contribution in [3.05, 3.63) is 16.1 Å². The monoisotopic (exact) mass is 360 g/mol. The van der Waals surface area contributed by atoms with E-state index in [-0.39, 0.29) is 19.6 Å². The molecule has 0 spiro atoms. The molecule has 1 saturated heterocycles. The summed E-state index contributed by atoms with van der Waals surface area (Å²) in [5, 5.41) is 13.4. The lowest BCUT2D eigenvalue weighted by molar-refractivity contribution is -0.131. The smallest absolute Gasteiger partial charge is 0.252 e. The van der Waals surface area contributed by atoms with Crippen LogP contribution < -0.4 is 5.43 Å². The van der Waals surface area contributed by atoms with Crippen molar-refractivity contribution < 1.29 is 23.4 Å². The molecule has 3 heterocycles. The van der Waals surface area contributed by atoms with Crippen LogP contribution in [0.4, 0.5) is 8.78 Å². The average molecular weight is 360 g/mol. The van der Waals surface area contributed by atoms with Crippen LogP contribution >= 0.6 is 11.3 Å². The van der Waals surface area contributed by atoms with Crippen LogP contribution in [0.25, 0.3) is 0 Å². The first-order valence-corrected chi connectivity index (χ1v) is 8.41. The standard InChI is InChI=1S/C14H18F2N4O3S/c1-9(5-21)14(19-18-6-23-14)12-11(17-7-24-12)10-4-13(15,16)2-3-20(10)8-22/h6-10,19,21H,2-5H2,1H3. The molecule has 10 heteroatoms. The molecule has 2 aliphatic heterocycles. The maximum absolute atomic E-state index is 13.9. The highest BCUT2D eigenvalue weighted by Gasteiger charge is 2.49. The molecule has 132 valence electrons. The Morgan fingerprint density at radius 2 is 2.46 bits per heavy atom. The second kappa shape index (κ2) is 6.25. The van der Waals surface area contributed by atoms with Gasteiger partial charge in [-0.1, -0.05) is 6.92 Å². The molecular formula is C14H18F2N4O3S. The number of ether oxygens (including phenoxy) is 1. The molecule has 0 saturated carbocycles. The Hall–Kier alpha value is -1.81. The predicted octanol–water partition coefficient (Wildman–Crippen LogP) is 1.42. The molecule has 3 atom stereocenters. The summed E-state index contributed by atoms with van der Waals surface area (Å²) < 4.78 is 33.4. The number of hydrazone groups is 1. The van der Waals surface area contributed by atoms with Crippen molar-refractivity contribution in [1.29, 1.82) is 0 Å². The van der Waals surface area contributed by atoms with Gasteiger partial charge in [0.1, 0.15) is 0 Å². The number of rotatable bonds is 5. The maximum atomic E-state index is 13.9. The lowest BCUT2D eigenvalue weighted by atomic mass is 9.90. The highest BCUT2D eigenvalue weighted by Crippen LogP contribution is 2.45. The van der Waals surface area contributed by atoms with Gasteiger partial charge >= 0.3 is 0 Å². The van der Waals surface area contributed by atoms with Gasteiger partial charge in [0.15, 0.2) is 6.40 Å². The fraction of sp³-hybridized carbons (Fsp3) is 0.643. The molecule has 0 bridgehead atoms. The summed E-state index contributed by atoms with van der Waals surface area (Å²) in [6.45, 7) is 1.51. The van der Waals surface area contributed by atoms with Crippen LogP contribution in [0.15, 0.2) is 10.6 Å². The van der Waals surface area contributed by atoms with E-state index in [4.69, 9.17) is 4.74 Å². The van der Waals surface area contributed by atoms with Crippen LogP contribution in [0.1, 0.15) is 36.4 Å². The number of carbonyl (C=O) groups is 1. The number of aromatic nitrogens is 1. The molecule has 3 rings (SSSR count). The molecule has 1 amide bonds. The lowest BCUT2D eigenvalue weighted by Crippen LogP contribution is -2.47. The van der Waals surface area contributed by atoms with Crippen LogP contribution in [0, 0.1) is 5.92 Å². The van der Waals surface area contributed by atoms with Crippen LogP contribution in [0.2, 0.25) is 0 Å². The van der Waals surface area contributed by atoms with E-state index in [0.717, 1.165) is 0 Å². The summed E-state index contributed by atoms with van der Waals surface area (Å²) in [5.74, 6) is -3.27. The van der Waals surface area contributed by atoms with Gasteiger partial charge in [-0.15, -0.1) is 16.4 Å². The van der Waals surface area contributed by atoms with E-state index in [1.807, 2.05) is 0 Å². The van der Waals surface area contributed by atoms with Gasteiger partial charge in [0.05, 0.1) is 28.7 Å². The molecule has 7 nitrogen and oxygen atoms in total. The minimum atomic E-state index is -2.86. The quantitative estimate of drug-likeness (QED) is 0.776. The van der Waals surface area contributed by atoms with E-state index in [0.29, 0.717) is 17.0 Å². The predicted molar refractivity (Wildman–Crippen MR) is 82.4 cm³/mol. The normalized spacial score (nSPS) is 29.8. The van der Waals surface area contributed by atoms with E-state index < -0.39 is 30.0 Å². The molecule has 0 radical (unpaired) electrons. The number of hydrogen-bond donors (Lipinski definition) is 2. The zero-order chi connectivity index (χ0) is 17.4. The third-order valence-electron chi connectivity index (χ3n) is 4.50. The number of nitrogens with zero attached hydrogens (tertiary/aromatic N) is 3. The van der Waals surface area contributed by atoms with Crippen molar-refractivity contribution in [2.45, 2.75) is 37.5 Å². The Morgan fingerprint density at radius 1 is 1.67 bits per heavy atom. The Bertz CT molecular complexity index is 631. The van der Waals surface area contributed by atoms with Crippen LogP contribution in [-0.4, -0.2) is 46.9 Å². The number of hydrogen-bond acceptors (Lipinski definition) is 7. The van der Waals surface area contributed by atoms with Crippen molar-refractivity contribution in [3.63, 3.8) is 0 Å². The van der Waals surface area contributed by atoms with Gasteiger partial charge in [0.25, 0.3) is 5.92 Å². The fourth-order valence-corrected chi connectivity index (χ4v) is 4.09. The molecule has 0 aromatic carbocycles. The number of aliphatic hydroxyl groups is 1. The number of carbonyl (C=O) groups excluding carboxylic acids is 1. The van der Waals surface area contributed by atoms with Gasteiger partial charge < -0.3 is 14.7 Å². The number of aliphatic hydroxyl groups excluding tert-OH is 1. The van der Waals surface area contributed by atoms with Crippen LogP contribution in [0.5, 0.6) is 0 Å². The van der Waals surface area contributed by atoms with Crippen molar-refractivity contribution in [2.24, 2.45) is 11.0 Å². The lowest BCUT2D eigenvalue weighted by Gasteiger charge is -2.38. The number of amides is 1. The van der Waals surface area contributed by atoms with E-state index in [2.05, 4.69) is 15.5 Å². The zero-order valence-electron chi connectivity index (χ0n) is 13.0.